The van der Waals surface area contributed by atoms with Crippen LogP contribution in [0, 0.1) is 5.39 Å². The van der Waals surface area contributed by atoms with E-state index in [2.05, 4.69) is 4.98 Å². The van der Waals surface area contributed by atoms with E-state index < -0.39 is 0 Å². The molecule has 1 aromatic rings. The topological polar surface area (TPSA) is 51.6 Å². The first-order valence-electron chi connectivity index (χ1n) is 4.62. The molecular weight excluding hydrogens is 214 g/mol. The number of nitrogens with zero attached hydrogens (tertiary/aromatic N) is 3. The molecule has 0 saturated heterocycles. The molecule has 0 heterocycles. The molecule has 0 bridgehead atoms. The highest BCUT2D eigenvalue weighted by atomic mass is 35.5. The summed E-state index contributed by atoms with van der Waals surface area (Å²) in [5.41, 5.74) is 1.56. The molecule has 5 heteroatoms. The lowest BCUT2D eigenvalue weighted by Gasteiger charge is -2.21. The second-order valence-corrected chi connectivity index (χ2v) is 2.92. The van der Waals surface area contributed by atoms with Crippen LogP contribution in [-0.2, 0) is 0 Å². The van der Waals surface area contributed by atoms with E-state index in [1.54, 1.807) is 12.1 Å². The van der Waals surface area contributed by atoms with Gasteiger partial charge in [0.25, 0.3) is 0 Å². The van der Waals surface area contributed by atoms with Gasteiger partial charge in [-0.15, -0.1) is 0 Å². The van der Waals surface area contributed by atoms with Crippen molar-refractivity contribution in [1.82, 2.24) is 0 Å². The number of diazo groups is 1. The van der Waals surface area contributed by atoms with Crippen molar-refractivity contribution >= 4 is 11.4 Å². The third kappa shape index (κ3) is 3.74. The Morgan fingerprint density at radius 3 is 2.33 bits per heavy atom. The normalized spacial score (nSPS) is 8.87. The van der Waals surface area contributed by atoms with Crippen LogP contribution in [0.4, 0.5) is 11.4 Å². The maximum absolute atomic E-state index is 8.83. The second kappa shape index (κ2) is 7.04. The van der Waals surface area contributed by atoms with Crippen molar-refractivity contribution in [3.05, 3.63) is 29.2 Å². The van der Waals surface area contributed by atoms with Crippen LogP contribution in [0.15, 0.2) is 24.3 Å². The summed E-state index contributed by atoms with van der Waals surface area (Å²) < 4.78 is 0. The SMILES string of the molecule is CCN(CCO)c1ccc([N+]#N)cc1.[Cl-]. The van der Waals surface area contributed by atoms with E-state index in [0.717, 1.165) is 12.2 Å². The fourth-order valence-electron chi connectivity index (χ4n) is 1.32. The summed E-state index contributed by atoms with van der Waals surface area (Å²) in [6, 6.07) is 7.20. The summed E-state index contributed by atoms with van der Waals surface area (Å²) in [4.78, 5) is 5.12. The van der Waals surface area contributed by atoms with Gasteiger partial charge in [0, 0.05) is 30.9 Å². The monoisotopic (exact) mass is 227 g/mol. The average Bonchev–Trinajstić information content (AvgIpc) is 2.26. The van der Waals surface area contributed by atoms with E-state index in [0.29, 0.717) is 12.2 Å². The Morgan fingerprint density at radius 1 is 1.33 bits per heavy atom. The van der Waals surface area contributed by atoms with Crippen molar-refractivity contribution in [2.45, 2.75) is 6.92 Å². The summed E-state index contributed by atoms with van der Waals surface area (Å²) in [5.74, 6) is 0. The van der Waals surface area contributed by atoms with E-state index in [1.165, 1.54) is 0 Å². The average molecular weight is 228 g/mol. The first kappa shape index (κ1) is 13.7. The lowest BCUT2D eigenvalue weighted by atomic mass is 10.2. The molecule has 0 atom stereocenters. The lowest BCUT2D eigenvalue weighted by Crippen LogP contribution is -3.00. The van der Waals surface area contributed by atoms with Gasteiger partial charge in [0.15, 0.2) is 4.98 Å². The Hall–Kier alpha value is -1.31. The predicted octanol–water partition coefficient (Wildman–Crippen LogP) is -1.01. The largest absolute Gasteiger partial charge is 1.00 e. The van der Waals surface area contributed by atoms with Gasteiger partial charge in [-0.05, 0) is 19.1 Å². The molecule has 15 heavy (non-hydrogen) atoms. The van der Waals surface area contributed by atoms with Gasteiger partial charge in [-0.25, -0.2) is 0 Å². The molecule has 4 nitrogen and oxygen atoms in total. The van der Waals surface area contributed by atoms with Gasteiger partial charge in [0.1, 0.15) is 0 Å². The molecule has 0 spiro atoms. The predicted molar refractivity (Wildman–Crippen MR) is 56.2 cm³/mol. The highest BCUT2D eigenvalue weighted by Crippen LogP contribution is 2.19. The zero-order valence-electron chi connectivity index (χ0n) is 8.60. The van der Waals surface area contributed by atoms with Gasteiger partial charge >= 0.3 is 5.69 Å². The van der Waals surface area contributed by atoms with Crippen molar-refractivity contribution in [2.75, 3.05) is 24.6 Å². The molecule has 0 unspecified atom stereocenters. The number of hydrogen-bond acceptors (Lipinski definition) is 3. The highest BCUT2D eigenvalue weighted by Gasteiger charge is 2.06. The van der Waals surface area contributed by atoms with Crippen LogP contribution in [-0.4, -0.2) is 24.8 Å². The molecule has 0 radical (unpaired) electrons. The summed E-state index contributed by atoms with van der Waals surface area (Å²) in [6.45, 7) is 3.63. The number of halogens is 1. The molecule has 0 aliphatic rings. The van der Waals surface area contributed by atoms with Gasteiger partial charge in [-0.2, -0.15) is 0 Å². The third-order valence-corrected chi connectivity index (χ3v) is 2.08. The smallest absolute Gasteiger partial charge is 0.385 e. The van der Waals surface area contributed by atoms with Gasteiger partial charge < -0.3 is 22.4 Å². The second-order valence-electron chi connectivity index (χ2n) is 2.92. The first-order valence-corrected chi connectivity index (χ1v) is 4.62. The number of hydrogen-bond donors (Lipinski definition) is 1. The van der Waals surface area contributed by atoms with Crippen molar-refractivity contribution in [2.24, 2.45) is 0 Å². The van der Waals surface area contributed by atoms with Crippen molar-refractivity contribution < 1.29 is 17.5 Å². The highest BCUT2D eigenvalue weighted by molar-refractivity contribution is 5.55. The summed E-state index contributed by atoms with van der Waals surface area (Å²) in [6.07, 6.45) is 0. The minimum absolute atomic E-state index is 0. The maximum atomic E-state index is 8.83. The fraction of sp³-hybridized carbons (Fsp3) is 0.400. The number of benzene rings is 1. The molecular formula is C10H14ClN3O. The summed E-state index contributed by atoms with van der Waals surface area (Å²) in [5, 5.41) is 17.3. The number of likely N-dealkylation sites (N-methyl/N-ethyl adjacent to an activating group) is 1. The molecule has 0 fully saturated rings. The van der Waals surface area contributed by atoms with Gasteiger partial charge in [-0.1, -0.05) is 0 Å². The van der Waals surface area contributed by atoms with E-state index in [9.17, 15) is 0 Å². The Morgan fingerprint density at radius 2 is 1.93 bits per heavy atom. The standard InChI is InChI=1S/C10H14N3O.ClH/c1-2-13(7-8-14)10-5-3-9(12-11)4-6-10;/h3-6,14H,2,7-8H2,1H3;1H/q+1;/p-1. The van der Waals surface area contributed by atoms with Crippen molar-refractivity contribution in [3.63, 3.8) is 0 Å². The molecule has 1 N–H and O–H groups in total. The third-order valence-electron chi connectivity index (χ3n) is 2.08. The number of anilines is 1. The number of rotatable bonds is 4. The van der Waals surface area contributed by atoms with Crippen LogP contribution in [0.5, 0.6) is 0 Å². The van der Waals surface area contributed by atoms with Crippen molar-refractivity contribution in [3.8, 4) is 0 Å². The zero-order chi connectivity index (χ0) is 10.4. The Bertz CT molecular complexity index is 320. The molecule has 0 aliphatic carbocycles. The lowest BCUT2D eigenvalue weighted by molar-refractivity contribution is -0.00000422. The van der Waals surface area contributed by atoms with Crippen molar-refractivity contribution in [1.29, 1.82) is 5.39 Å². The summed E-state index contributed by atoms with van der Waals surface area (Å²) in [7, 11) is 0. The molecule has 1 rings (SSSR count). The van der Waals surface area contributed by atoms with E-state index in [1.807, 2.05) is 24.0 Å². The maximum Gasteiger partial charge on any atom is 0.385 e. The van der Waals surface area contributed by atoms with Gasteiger partial charge in [0.2, 0.25) is 5.39 Å². The quantitative estimate of drug-likeness (QED) is 0.671. The van der Waals surface area contributed by atoms with Crippen LogP contribution in [0.2, 0.25) is 0 Å². The molecule has 0 saturated carbocycles. The van der Waals surface area contributed by atoms with Gasteiger partial charge in [0.05, 0.1) is 6.61 Å². The number of aliphatic hydroxyl groups is 1. The Kier molecular flexibility index (Phi) is 6.43. The minimum Gasteiger partial charge on any atom is -1.00 e. The molecule has 0 amide bonds. The molecule has 0 aromatic heterocycles. The fourth-order valence-corrected chi connectivity index (χ4v) is 1.32. The Balaban J connectivity index is 0.00000196. The first-order chi connectivity index (χ1) is 6.81. The van der Waals surface area contributed by atoms with E-state index in [4.69, 9.17) is 10.5 Å². The zero-order valence-corrected chi connectivity index (χ0v) is 9.35. The minimum atomic E-state index is 0. The van der Waals surface area contributed by atoms with Crippen LogP contribution in [0.1, 0.15) is 6.92 Å². The Labute approximate surface area is 95.6 Å². The summed E-state index contributed by atoms with van der Waals surface area (Å²) >= 11 is 0. The molecule has 1 aromatic carbocycles. The molecule has 0 aliphatic heterocycles. The molecule has 82 valence electrons. The van der Waals surface area contributed by atoms with Gasteiger partial charge in [-0.3, -0.25) is 0 Å². The van der Waals surface area contributed by atoms with Crippen LogP contribution < -0.4 is 17.3 Å². The van der Waals surface area contributed by atoms with E-state index >= 15 is 0 Å². The van der Waals surface area contributed by atoms with Crippen LogP contribution in [0.25, 0.3) is 4.98 Å². The van der Waals surface area contributed by atoms with Crippen LogP contribution >= 0.6 is 0 Å². The van der Waals surface area contributed by atoms with E-state index in [-0.39, 0.29) is 19.0 Å². The van der Waals surface area contributed by atoms with Crippen LogP contribution in [0.3, 0.4) is 0 Å². The number of aliphatic hydroxyl groups excluding tert-OH is 1.